The van der Waals surface area contributed by atoms with Gasteiger partial charge in [0.15, 0.2) is 0 Å². The molecule has 0 unspecified atom stereocenters. The van der Waals surface area contributed by atoms with E-state index in [9.17, 15) is 0 Å². The molecule has 0 radical (unpaired) electrons. The second-order valence-corrected chi connectivity index (χ2v) is 14.4. The third-order valence-electron chi connectivity index (χ3n) is 10.4. The van der Waals surface area contributed by atoms with Gasteiger partial charge in [-0.05, 0) is 103 Å². The van der Waals surface area contributed by atoms with E-state index in [1.807, 2.05) is 50.2 Å². The molecule has 6 heterocycles. The van der Waals surface area contributed by atoms with Crippen LogP contribution in [0.25, 0.3) is 0 Å². The second-order valence-electron chi connectivity index (χ2n) is 14.4. The standard InChI is InChI=1S/2C21H30N4O2/c2*1-15-11-18(12-21(23-15)27-4)22-13-17-7-6-10-25(14-17)16(2)19-8-5-9-20(24-19)26-3/h2*5,8-9,11-12,16-17H,6-7,10,13-14H2,1-4H3,(H,22,23)/t16-,17+;16-,17-/m01/s1. The fourth-order valence-corrected chi connectivity index (χ4v) is 7.37. The molecule has 0 spiro atoms. The average Bonchev–Trinajstić information content (AvgIpc) is 3.21. The Balaban J connectivity index is 0.000000208. The van der Waals surface area contributed by atoms with Crippen LogP contribution in [0.2, 0.25) is 0 Å². The highest BCUT2D eigenvalue weighted by Crippen LogP contribution is 2.29. The molecule has 0 saturated carbocycles. The van der Waals surface area contributed by atoms with Crippen LogP contribution in [0.1, 0.15) is 74.4 Å². The molecule has 2 saturated heterocycles. The number of anilines is 2. The van der Waals surface area contributed by atoms with Crippen molar-refractivity contribution in [3.63, 3.8) is 0 Å². The molecular weight excluding hydrogens is 681 g/mol. The summed E-state index contributed by atoms with van der Waals surface area (Å²) in [5.74, 6) is 3.87. The Morgan fingerprint density at radius 1 is 0.593 bits per heavy atom. The molecule has 2 N–H and O–H groups in total. The minimum Gasteiger partial charge on any atom is -0.481 e. The van der Waals surface area contributed by atoms with Gasteiger partial charge < -0.3 is 29.6 Å². The van der Waals surface area contributed by atoms with Crippen LogP contribution >= 0.6 is 0 Å². The van der Waals surface area contributed by atoms with E-state index in [4.69, 9.17) is 18.9 Å². The van der Waals surface area contributed by atoms with Crippen LogP contribution in [0.5, 0.6) is 23.5 Å². The minimum absolute atomic E-state index is 0.283. The van der Waals surface area contributed by atoms with Gasteiger partial charge in [-0.1, -0.05) is 12.1 Å². The molecule has 12 nitrogen and oxygen atoms in total. The van der Waals surface area contributed by atoms with Gasteiger partial charge in [-0.15, -0.1) is 0 Å². The van der Waals surface area contributed by atoms with E-state index in [1.165, 1.54) is 25.7 Å². The molecule has 2 fully saturated rings. The lowest BCUT2D eigenvalue weighted by atomic mass is 9.96. The summed E-state index contributed by atoms with van der Waals surface area (Å²) < 4.78 is 21.1. The highest BCUT2D eigenvalue weighted by molar-refractivity contribution is 5.48. The molecule has 2 aliphatic heterocycles. The number of likely N-dealkylation sites (tertiary alicyclic amines) is 2. The monoisotopic (exact) mass is 740 g/mol. The fourth-order valence-electron chi connectivity index (χ4n) is 7.37. The normalized spacial score (nSPS) is 18.7. The topological polar surface area (TPSA) is 119 Å². The zero-order valence-electron chi connectivity index (χ0n) is 33.5. The van der Waals surface area contributed by atoms with Crippen LogP contribution in [0.3, 0.4) is 0 Å². The van der Waals surface area contributed by atoms with Crippen molar-refractivity contribution in [1.29, 1.82) is 0 Å². The van der Waals surface area contributed by atoms with Gasteiger partial charge in [-0.2, -0.15) is 0 Å². The van der Waals surface area contributed by atoms with Gasteiger partial charge in [0.1, 0.15) is 0 Å². The summed E-state index contributed by atoms with van der Waals surface area (Å²) in [6.07, 6.45) is 4.89. The van der Waals surface area contributed by atoms with Gasteiger partial charge >= 0.3 is 0 Å². The molecule has 292 valence electrons. The molecule has 12 heteroatoms. The molecule has 0 amide bonds. The maximum absolute atomic E-state index is 5.27. The van der Waals surface area contributed by atoms with Crippen LogP contribution in [-0.2, 0) is 0 Å². The van der Waals surface area contributed by atoms with Crippen molar-refractivity contribution < 1.29 is 18.9 Å². The molecule has 2 aliphatic rings. The van der Waals surface area contributed by atoms with Crippen molar-refractivity contribution in [2.75, 3.05) is 78.3 Å². The maximum atomic E-state index is 5.27. The highest BCUT2D eigenvalue weighted by atomic mass is 16.5. The maximum Gasteiger partial charge on any atom is 0.215 e. The van der Waals surface area contributed by atoms with Crippen molar-refractivity contribution >= 4 is 11.4 Å². The predicted octanol–water partition coefficient (Wildman–Crippen LogP) is 7.37. The number of aromatic nitrogens is 4. The number of nitrogens with zero attached hydrogens (tertiary/aromatic N) is 6. The molecule has 6 rings (SSSR count). The summed E-state index contributed by atoms with van der Waals surface area (Å²) in [6, 6.07) is 20.6. The number of pyridine rings is 4. The van der Waals surface area contributed by atoms with E-state index in [0.717, 1.165) is 73.4 Å². The lowest BCUT2D eigenvalue weighted by Crippen LogP contribution is -2.39. The van der Waals surface area contributed by atoms with Crippen LogP contribution in [0, 0.1) is 25.7 Å². The zero-order valence-corrected chi connectivity index (χ0v) is 33.5. The largest absolute Gasteiger partial charge is 0.481 e. The summed E-state index contributed by atoms with van der Waals surface area (Å²) in [5, 5.41) is 7.13. The Morgan fingerprint density at radius 2 is 1.00 bits per heavy atom. The number of aryl methyl sites for hydroxylation is 2. The van der Waals surface area contributed by atoms with Crippen molar-refractivity contribution in [2.24, 2.45) is 11.8 Å². The molecule has 0 bridgehead atoms. The Morgan fingerprint density at radius 3 is 1.39 bits per heavy atom. The van der Waals surface area contributed by atoms with Crippen LogP contribution in [0.15, 0.2) is 60.7 Å². The van der Waals surface area contributed by atoms with Crippen molar-refractivity contribution in [3.05, 3.63) is 83.4 Å². The molecule has 0 aliphatic carbocycles. The Labute approximate surface area is 322 Å². The lowest BCUT2D eigenvalue weighted by molar-refractivity contribution is 0.133. The molecule has 0 aromatic carbocycles. The smallest absolute Gasteiger partial charge is 0.215 e. The van der Waals surface area contributed by atoms with Crippen LogP contribution < -0.4 is 29.6 Å². The fraction of sp³-hybridized carbons (Fsp3) is 0.524. The van der Waals surface area contributed by atoms with Crippen molar-refractivity contribution in [3.8, 4) is 23.5 Å². The first-order valence-corrected chi connectivity index (χ1v) is 19.2. The molecule has 54 heavy (non-hydrogen) atoms. The van der Waals surface area contributed by atoms with Crippen LogP contribution in [-0.4, -0.2) is 97.4 Å². The van der Waals surface area contributed by atoms with E-state index < -0.39 is 0 Å². The summed E-state index contributed by atoms with van der Waals surface area (Å²) >= 11 is 0. The van der Waals surface area contributed by atoms with Gasteiger partial charge in [0.05, 0.1) is 39.8 Å². The number of nitrogens with one attached hydrogen (secondary N) is 2. The first-order chi connectivity index (χ1) is 26.2. The SMILES string of the molecule is COc1cc(NC[C@H]2CCCN([C@@H](C)c3cccc(OC)n3)C2)cc(C)n1.COc1cc(NC[C@H]2CCCN([C@H](C)c3cccc(OC)n3)C2)cc(C)n1. The van der Waals surface area contributed by atoms with E-state index >= 15 is 0 Å². The van der Waals surface area contributed by atoms with Gasteiger partial charge in [0.25, 0.3) is 0 Å². The number of hydrogen-bond donors (Lipinski definition) is 2. The minimum atomic E-state index is 0.283. The Hall–Kier alpha value is -4.68. The van der Waals surface area contributed by atoms with E-state index in [2.05, 4.69) is 78.5 Å². The highest BCUT2D eigenvalue weighted by Gasteiger charge is 2.26. The van der Waals surface area contributed by atoms with Crippen molar-refractivity contribution in [2.45, 2.75) is 65.5 Å². The lowest BCUT2D eigenvalue weighted by Gasteiger charge is -2.36. The third-order valence-corrected chi connectivity index (χ3v) is 10.4. The molecule has 4 atom stereocenters. The molecular formula is C42H60N8O4. The summed E-state index contributed by atoms with van der Waals surface area (Å²) in [6.45, 7) is 14.7. The zero-order chi connectivity index (χ0) is 38.5. The quantitative estimate of drug-likeness (QED) is 0.134. The third kappa shape index (κ3) is 11.7. The Kier molecular flexibility index (Phi) is 15.1. The average molecular weight is 741 g/mol. The number of rotatable bonds is 14. The van der Waals surface area contributed by atoms with Gasteiger partial charge in [0, 0.05) is 85.3 Å². The first-order valence-electron chi connectivity index (χ1n) is 19.2. The first kappa shape index (κ1) is 40.5. The number of piperidine rings is 2. The predicted molar refractivity (Wildman–Crippen MR) is 215 cm³/mol. The van der Waals surface area contributed by atoms with E-state index in [-0.39, 0.29) is 12.1 Å². The van der Waals surface area contributed by atoms with Crippen LogP contribution in [0.4, 0.5) is 11.4 Å². The number of methoxy groups -OCH3 is 4. The molecule has 4 aromatic heterocycles. The van der Waals surface area contributed by atoms with Crippen molar-refractivity contribution in [1.82, 2.24) is 29.7 Å². The Bertz CT molecular complexity index is 1630. The van der Waals surface area contributed by atoms with E-state index in [1.54, 1.807) is 28.4 Å². The van der Waals surface area contributed by atoms with Gasteiger partial charge in [-0.25, -0.2) is 19.9 Å². The second kappa shape index (κ2) is 20.1. The molecule has 4 aromatic rings. The van der Waals surface area contributed by atoms with Gasteiger partial charge in [-0.3, -0.25) is 9.80 Å². The number of ether oxygens (including phenoxy) is 4. The van der Waals surface area contributed by atoms with E-state index in [0.29, 0.717) is 35.4 Å². The summed E-state index contributed by atoms with van der Waals surface area (Å²) in [5.41, 5.74) is 6.19. The number of hydrogen-bond acceptors (Lipinski definition) is 12. The van der Waals surface area contributed by atoms with Gasteiger partial charge in [0.2, 0.25) is 23.5 Å². The summed E-state index contributed by atoms with van der Waals surface area (Å²) in [4.78, 5) is 23.0. The summed E-state index contributed by atoms with van der Waals surface area (Å²) in [7, 11) is 6.63.